The lowest BCUT2D eigenvalue weighted by Crippen LogP contribution is -2.59. The van der Waals surface area contributed by atoms with Crippen LogP contribution >= 0.6 is 0 Å². The summed E-state index contributed by atoms with van der Waals surface area (Å²) in [5, 5.41) is 10.8. The lowest BCUT2D eigenvalue weighted by molar-refractivity contribution is -0.157. The highest BCUT2D eigenvalue weighted by Crippen LogP contribution is 2.44. The summed E-state index contributed by atoms with van der Waals surface area (Å²) < 4.78 is 16.8. The summed E-state index contributed by atoms with van der Waals surface area (Å²) in [7, 11) is 0. The van der Waals surface area contributed by atoms with Crippen LogP contribution in [0.15, 0.2) is 78.9 Å². The summed E-state index contributed by atoms with van der Waals surface area (Å²) in [6.45, 7) is 16.1. The molecule has 3 aromatic rings. The highest BCUT2D eigenvalue weighted by Gasteiger charge is 2.36. The topological polar surface area (TPSA) is 178 Å². The van der Waals surface area contributed by atoms with Gasteiger partial charge < -0.3 is 35.5 Å². The lowest BCUT2D eigenvalue weighted by atomic mass is 9.98. The normalized spacial score (nSPS) is 14.3. The number of carbonyl (C=O) groups excluding carboxylic acids is 6. The molecule has 13 nitrogen and oxygen atoms in total. The maximum atomic E-state index is 14.0. The Hall–Kier alpha value is -5.72. The average molecular weight is 827 g/mol. The van der Waals surface area contributed by atoms with Gasteiger partial charge in [0, 0.05) is 5.92 Å². The Morgan fingerprint density at radius 2 is 1.12 bits per heavy atom. The summed E-state index contributed by atoms with van der Waals surface area (Å²) in [4.78, 5) is 81.5. The monoisotopic (exact) mass is 826 g/mol. The minimum atomic E-state index is -1.48. The number of hydrogen-bond acceptors (Lipinski definition) is 9. The molecular formula is C47H62N4O9. The number of amides is 4. The average Bonchev–Trinajstić information content (AvgIpc) is 3.49. The van der Waals surface area contributed by atoms with Gasteiger partial charge in [-0.15, -0.1) is 0 Å². The van der Waals surface area contributed by atoms with E-state index in [1.165, 1.54) is 0 Å². The van der Waals surface area contributed by atoms with Crippen LogP contribution in [0.5, 0.6) is 0 Å². The Morgan fingerprint density at radius 3 is 1.67 bits per heavy atom. The van der Waals surface area contributed by atoms with Crippen molar-refractivity contribution >= 4 is 35.8 Å². The number of benzene rings is 3. The van der Waals surface area contributed by atoms with Gasteiger partial charge in [0.1, 0.15) is 43.0 Å². The van der Waals surface area contributed by atoms with Crippen molar-refractivity contribution < 1.29 is 43.0 Å². The third kappa shape index (κ3) is 13.9. The van der Waals surface area contributed by atoms with Gasteiger partial charge in [0.2, 0.25) is 17.7 Å². The Balaban J connectivity index is 1.47. The van der Waals surface area contributed by atoms with Gasteiger partial charge in [-0.05, 0) is 79.2 Å². The van der Waals surface area contributed by atoms with E-state index in [2.05, 4.69) is 21.3 Å². The van der Waals surface area contributed by atoms with Crippen LogP contribution in [0.4, 0.5) is 4.79 Å². The van der Waals surface area contributed by atoms with Crippen molar-refractivity contribution in [3.8, 4) is 11.1 Å². The second-order valence-corrected chi connectivity index (χ2v) is 17.5. The first-order valence-electron chi connectivity index (χ1n) is 20.8. The molecule has 4 N–H and O–H groups in total. The van der Waals surface area contributed by atoms with Gasteiger partial charge in [-0.2, -0.15) is 0 Å². The minimum absolute atomic E-state index is 0.00800. The molecule has 324 valence electrons. The Labute approximate surface area is 354 Å². The third-order valence-electron chi connectivity index (χ3n) is 9.86. The van der Waals surface area contributed by atoms with Gasteiger partial charge in [-0.3, -0.25) is 19.2 Å². The number of fused-ring (bicyclic) bond motifs is 3. The molecule has 0 aliphatic heterocycles. The zero-order valence-corrected chi connectivity index (χ0v) is 36.3. The Morgan fingerprint density at radius 1 is 0.600 bits per heavy atom. The fraction of sp³-hybridized carbons (Fsp3) is 0.489. The van der Waals surface area contributed by atoms with Crippen molar-refractivity contribution in [3.05, 3.63) is 95.6 Å². The summed E-state index contributed by atoms with van der Waals surface area (Å²) >= 11 is 0. The molecule has 0 bridgehead atoms. The first-order chi connectivity index (χ1) is 28.3. The van der Waals surface area contributed by atoms with Crippen LogP contribution in [0.1, 0.15) is 104 Å². The molecule has 0 unspecified atom stereocenters. The number of carbonyl (C=O) groups is 6. The van der Waals surface area contributed by atoms with Crippen LogP contribution in [-0.4, -0.2) is 72.1 Å². The first-order valence-corrected chi connectivity index (χ1v) is 20.8. The SMILES string of the molecule is CC(C)C[C@@H](NC(=O)OCC1c2ccccc2-c2ccccc21)C(=O)N[C@H](C(=O)N[C@@H](CC(=O)OC(C)(C)C)C(=O)N[C@H](CC(C)C)C(=O)OCc1ccccc1)C(C)C. The quantitative estimate of drug-likeness (QED) is 0.0769. The maximum Gasteiger partial charge on any atom is 0.407 e. The van der Waals surface area contributed by atoms with Crippen LogP contribution in [0.3, 0.4) is 0 Å². The zero-order valence-electron chi connectivity index (χ0n) is 36.3. The lowest BCUT2D eigenvalue weighted by Gasteiger charge is -2.29. The van der Waals surface area contributed by atoms with Crippen molar-refractivity contribution in [2.24, 2.45) is 17.8 Å². The summed E-state index contributed by atoms with van der Waals surface area (Å²) in [5.74, 6) is -4.34. The summed E-state index contributed by atoms with van der Waals surface area (Å²) in [6.07, 6.45) is -0.870. The first kappa shape index (κ1) is 47.0. The highest BCUT2D eigenvalue weighted by molar-refractivity contribution is 5.96. The molecule has 0 saturated carbocycles. The van der Waals surface area contributed by atoms with Gasteiger partial charge >= 0.3 is 18.0 Å². The fourth-order valence-corrected chi connectivity index (χ4v) is 7.08. The van der Waals surface area contributed by atoms with Crippen molar-refractivity contribution in [1.29, 1.82) is 0 Å². The fourth-order valence-electron chi connectivity index (χ4n) is 7.08. The molecule has 13 heteroatoms. The van der Waals surface area contributed by atoms with Crippen molar-refractivity contribution in [3.63, 3.8) is 0 Å². The summed E-state index contributed by atoms with van der Waals surface area (Å²) in [5.41, 5.74) is 4.14. The molecule has 3 aromatic carbocycles. The predicted molar refractivity (Wildman–Crippen MR) is 228 cm³/mol. The standard InChI is InChI=1S/C47H62N4O9/c1-28(2)23-37(50-46(57)59-27-36-34-21-15-13-19-32(34)33-20-14-16-22-35(33)36)43(54)51-41(30(5)6)44(55)48-38(25-40(52)60-47(7,8)9)42(53)49-39(24-29(3)4)45(56)58-26-31-17-11-10-12-18-31/h10-22,28-30,36-39,41H,23-27H2,1-9H3,(H,48,55)(H,49,53)(H,50,57)(H,51,54)/t37-,38+,39-,41+/m1/s1. The van der Waals surface area contributed by atoms with Crippen molar-refractivity contribution in [1.82, 2.24) is 21.3 Å². The van der Waals surface area contributed by atoms with E-state index in [9.17, 15) is 28.8 Å². The zero-order chi connectivity index (χ0) is 44.1. The number of hydrogen-bond donors (Lipinski definition) is 4. The molecule has 1 aliphatic rings. The molecule has 4 rings (SSSR count). The molecule has 1 aliphatic carbocycles. The van der Waals surface area contributed by atoms with E-state index in [0.29, 0.717) is 0 Å². The molecular weight excluding hydrogens is 765 g/mol. The van der Waals surface area contributed by atoms with Crippen LogP contribution < -0.4 is 21.3 Å². The number of nitrogens with one attached hydrogen (secondary N) is 4. The molecule has 0 fully saturated rings. The van der Waals surface area contributed by atoms with E-state index in [1.54, 1.807) is 34.6 Å². The van der Waals surface area contributed by atoms with Gasteiger partial charge in [-0.25, -0.2) is 9.59 Å². The van der Waals surface area contributed by atoms with Crippen LogP contribution in [-0.2, 0) is 44.8 Å². The Kier molecular flexibility index (Phi) is 16.8. The van der Waals surface area contributed by atoms with Crippen molar-refractivity contribution in [2.75, 3.05) is 6.61 Å². The van der Waals surface area contributed by atoms with E-state index in [0.717, 1.165) is 27.8 Å². The molecule has 4 atom stereocenters. The van der Waals surface area contributed by atoms with E-state index in [1.807, 2.05) is 107 Å². The van der Waals surface area contributed by atoms with Crippen molar-refractivity contribution in [2.45, 2.75) is 124 Å². The van der Waals surface area contributed by atoms with E-state index >= 15 is 0 Å². The van der Waals surface area contributed by atoms with Crippen LogP contribution in [0.2, 0.25) is 0 Å². The number of ether oxygens (including phenoxy) is 3. The van der Waals surface area contributed by atoms with E-state index < -0.39 is 77.9 Å². The molecule has 4 amide bonds. The summed E-state index contributed by atoms with van der Waals surface area (Å²) in [6, 6.07) is 20.2. The second kappa shape index (κ2) is 21.5. The third-order valence-corrected chi connectivity index (χ3v) is 9.86. The van der Waals surface area contributed by atoms with Crippen LogP contribution in [0, 0.1) is 17.8 Å². The molecule has 0 spiro atoms. The largest absolute Gasteiger partial charge is 0.460 e. The predicted octanol–water partition coefficient (Wildman–Crippen LogP) is 6.57. The maximum absolute atomic E-state index is 14.0. The van der Waals surface area contributed by atoms with Gasteiger partial charge in [0.15, 0.2) is 0 Å². The smallest absolute Gasteiger partial charge is 0.407 e. The van der Waals surface area contributed by atoms with Gasteiger partial charge in [-0.1, -0.05) is 120 Å². The molecule has 0 radical (unpaired) electrons. The molecule has 0 aromatic heterocycles. The van der Waals surface area contributed by atoms with Crippen LogP contribution in [0.25, 0.3) is 11.1 Å². The Bertz CT molecular complexity index is 1910. The minimum Gasteiger partial charge on any atom is -0.460 e. The van der Waals surface area contributed by atoms with Gasteiger partial charge in [0.25, 0.3) is 0 Å². The highest BCUT2D eigenvalue weighted by atomic mass is 16.6. The van der Waals surface area contributed by atoms with E-state index in [4.69, 9.17) is 14.2 Å². The number of rotatable bonds is 19. The molecule has 0 saturated heterocycles. The molecule has 60 heavy (non-hydrogen) atoms. The number of alkyl carbamates (subject to hydrolysis) is 1. The number of esters is 2. The van der Waals surface area contributed by atoms with Gasteiger partial charge in [0.05, 0.1) is 6.42 Å². The second-order valence-electron chi connectivity index (χ2n) is 17.5. The molecule has 0 heterocycles. The van der Waals surface area contributed by atoms with E-state index in [-0.39, 0.29) is 43.8 Å².